The first-order valence-electron chi connectivity index (χ1n) is 5.33. The number of halogens is 1. The van der Waals surface area contributed by atoms with Gasteiger partial charge in [0.25, 0.3) is 5.56 Å². The molecule has 1 heterocycles. The van der Waals surface area contributed by atoms with E-state index >= 15 is 0 Å². The largest absolute Gasteiger partial charge is 0.326 e. The summed E-state index contributed by atoms with van der Waals surface area (Å²) in [6, 6.07) is 9.59. The predicted octanol–water partition coefficient (Wildman–Crippen LogP) is 1.49. The molecule has 1 aromatic carbocycles. The number of nitrogens with zero attached hydrogens (tertiary/aromatic N) is 1. The molecule has 0 saturated carbocycles. The van der Waals surface area contributed by atoms with Crippen LogP contribution in [0.2, 0.25) is 0 Å². The Balaban J connectivity index is 2.30. The third kappa shape index (κ3) is 2.60. The molecule has 2 N–H and O–H groups in total. The molecular weight excluding hydrogens is 219 g/mol. The van der Waals surface area contributed by atoms with Crippen LogP contribution in [0.25, 0.3) is 0 Å². The van der Waals surface area contributed by atoms with Gasteiger partial charge in [0.1, 0.15) is 5.82 Å². The van der Waals surface area contributed by atoms with Crippen LogP contribution in [0.4, 0.5) is 4.39 Å². The van der Waals surface area contributed by atoms with Gasteiger partial charge in [-0.05, 0) is 23.8 Å². The maximum Gasteiger partial charge on any atom is 0.255 e. The van der Waals surface area contributed by atoms with Crippen LogP contribution in [-0.2, 0) is 13.1 Å². The molecule has 88 valence electrons. The van der Waals surface area contributed by atoms with Crippen molar-refractivity contribution in [3.05, 3.63) is 69.9 Å². The Morgan fingerprint density at radius 2 is 1.88 bits per heavy atom. The molecule has 0 saturated heterocycles. The lowest BCUT2D eigenvalue weighted by Gasteiger charge is -2.07. The van der Waals surface area contributed by atoms with Gasteiger partial charge in [-0.2, -0.15) is 0 Å². The molecule has 0 radical (unpaired) electrons. The molecular formula is C13H13FN2O. The zero-order valence-corrected chi connectivity index (χ0v) is 9.27. The molecule has 1 aromatic heterocycles. The number of rotatable bonds is 3. The van der Waals surface area contributed by atoms with E-state index in [1.165, 1.54) is 12.1 Å². The fourth-order valence-electron chi connectivity index (χ4n) is 1.65. The fraction of sp³-hybridized carbons (Fsp3) is 0.154. The van der Waals surface area contributed by atoms with Crippen molar-refractivity contribution in [1.29, 1.82) is 0 Å². The lowest BCUT2D eigenvalue weighted by Crippen LogP contribution is -2.24. The van der Waals surface area contributed by atoms with E-state index < -0.39 is 0 Å². The standard InChI is InChI=1S/C13H13FN2O/c14-12-5-3-10(4-6-12)9-16-7-1-2-11(8-15)13(16)17/h1-7H,8-9,15H2. The van der Waals surface area contributed by atoms with Crippen LogP contribution in [0, 0.1) is 5.82 Å². The van der Waals surface area contributed by atoms with Gasteiger partial charge < -0.3 is 10.3 Å². The normalized spacial score (nSPS) is 10.5. The molecule has 0 aliphatic heterocycles. The van der Waals surface area contributed by atoms with Crippen molar-refractivity contribution in [2.75, 3.05) is 0 Å². The summed E-state index contributed by atoms with van der Waals surface area (Å²) in [5.74, 6) is -0.281. The first-order valence-corrected chi connectivity index (χ1v) is 5.33. The highest BCUT2D eigenvalue weighted by atomic mass is 19.1. The number of hydrogen-bond acceptors (Lipinski definition) is 2. The van der Waals surface area contributed by atoms with Crippen LogP contribution in [0.3, 0.4) is 0 Å². The van der Waals surface area contributed by atoms with Crippen molar-refractivity contribution in [3.63, 3.8) is 0 Å². The maximum absolute atomic E-state index is 12.7. The highest BCUT2D eigenvalue weighted by Crippen LogP contribution is 2.04. The van der Waals surface area contributed by atoms with Gasteiger partial charge in [0.15, 0.2) is 0 Å². The highest BCUT2D eigenvalue weighted by Gasteiger charge is 2.02. The van der Waals surface area contributed by atoms with Crippen LogP contribution in [0.5, 0.6) is 0 Å². The Kier molecular flexibility index (Phi) is 3.35. The molecule has 2 aromatic rings. The SMILES string of the molecule is NCc1cccn(Cc2ccc(F)cc2)c1=O. The Morgan fingerprint density at radius 1 is 1.18 bits per heavy atom. The van der Waals surface area contributed by atoms with E-state index in [-0.39, 0.29) is 17.9 Å². The van der Waals surface area contributed by atoms with E-state index in [4.69, 9.17) is 5.73 Å². The Morgan fingerprint density at radius 3 is 2.53 bits per heavy atom. The summed E-state index contributed by atoms with van der Waals surface area (Å²) in [7, 11) is 0. The zero-order chi connectivity index (χ0) is 12.3. The summed E-state index contributed by atoms with van der Waals surface area (Å²) >= 11 is 0. The first kappa shape index (κ1) is 11.5. The molecule has 0 aliphatic carbocycles. The molecule has 0 spiro atoms. The second-order valence-corrected chi connectivity index (χ2v) is 3.80. The molecule has 3 nitrogen and oxygen atoms in total. The number of aromatic nitrogens is 1. The Labute approximate surface area is 98.3 Å². The van der Waals surface area contributed by atoms with Gasteiger partial charge in [-0.3, -0.25) is 4.79 Å². The second kappa shape index (κ2) is 4.93. The van der Waals surface area contributed by atoms with Crippen molar-refractivity contribution >= 4 is 0 Å². The topological polar surface area (TPSA) is 48.0 Å². The van der Waals surface area contributed by atoms with Gasteiger partial charge in [0.2, 0.25) is 0 Å². The zero-order valence-electron chi connectivity index (χ0n) is 9.27. The van der Waals surface area contributed by atoms with Crippen molar-refractivity contribution in [2.24, 2.45) is 5.73 Å². The highest BCUT2D eigenvalue weighted by molar-refractivity contribution is 5.18. The third-order valence-electron chi connectivity index (χ3n) is 2.59. The number of pyridine rings is 1. The second-order valence-electron chi connectivity index (χ2n) is 3.80. The summed E-state index contributed by atoms with van der Waals surface area (Å²) in [5.41, 5.74) is 6.83. The minimum Gasteiger partial charge on any atom is -0.326 e. The minimum absolute atomic E-state index is 0.0978. The van der Waals surface area contributed by atoms with Crippen LogP contribution in [0.15, 0.2) is 47.4 Å². The van der Waals surface area contributed by atoms with Gasteiger partial charge in [0, 0.05) is 18.3 Å². The average molecular weight is 232 g/mol. The number of hydrogen-bond donors (Lipinski definition) is 1. The molecule has 0 fully saturated rings. The molecule has 0 unspecified atom stereocenters. The van der Waals surface area contributed by atoms with Crippen LogP contribution < -0.4 is 11.3 Å². The van der Waals surface area contributed by atoms with Gasteiger partial charge in [-0.15, -0.1) is 0 Å². The number of nitrogens with two attached hydrogens (primary N) is 1. The lowest BCUT2D eigenvalue weighted by atomic mass is 10.2. The van der Waals surface area contributed by atoms with E-state index in [1.54, 1.807) is 35.0 Å². The third-order valence-corrected chi connectivity index (χ3v) is 2.59. The summed E-state index contributed by atoms with van der Waals surface area (Å²) < 4.78 is 14.3. The van der Waals surface area contributed by atoms with E-state index in [0.717, 1.165) is 5.56 Å². The summed E-state index contributed by atoms with van der Waals surface area (Å²) in [6.07, 6.45) is 1.70. The first-order chi connectivity index (χ1) is 8.20. The Bertz CT molecular complexity index is 560. The lowest BCUT2D eigenvalue weighted by molar-refractivity contribution is 0.626. The number of benzene rings is 1. The monoisotopic (exact) mass is 232 g/mol. The maximum atomic E-state index is 12.7. The van der Waals surface area contributed by atoms with Gasteiger partial charge >= 0.3 is 0 Å². The van der Waals surface area contributed by atoms with E-state index in [1.807, 2.05) is 0 Å². The van der Waals surface area contributed by atoms with Gasteiger partial charge in [-0.1, -0.05) is 18.2 Å². The summed E-state index contributed by atoms with van der Waals surface area (Å²) in [4.78, 5) is 11.9. The van der Waals surface area contributed by atoms with Crippen molar-refractivity contribution in [1.82, 2.24) is 4.57 Å². The van der Waals surface area contributed by atoms with Crippen LogP contribution in [-0.4, -0.2) is 4.57 Å². The van der Waals surface area contributed by atoms with Gasteiger partial charge in [0.05, 0.1) is 6.54 Å². The molecule has 2 rings (SSSR count). The Hall–Kier alpha value is -1.94. The molecule has 0 amide bonds. The molecule has 0 bridgehead atoms. The minimum atomic E-state index is -0.281. The van der Waals surface area contributed by atoms with E-state index in [2.05, 4.69) is 0 Å². The van der Waals surface area contributed by atoms with E-state index in [9.17, 15) is 9.18 Å². The van der Waals surface area contributed by atoms with Crippen LogP contribution in [0.1, 0.15) is 11.1 Å². The van der Waals surface area contributed by atoms with E-state index in [0.29, 0.717) is 12.1 Å². The van der Waals surface area contributed by atoms with Gasteiger partial charge in [-0.25, -0.2) is 4.39 Å². The summed E-state index contributed by atoms with van der Waals surface area (Å²) in [6.45, 7) is 0.649. The van der Waals surface area contributed by atoms with Crippen LogP contribution >= 0.6 is 0 Å². The average Bonchev–Trinajstić information content (AvgIpc) is 2.35. The molecule has 0 aliphatic rings. The smallest absolute Gasteiger partial charge is 0.255 e. The van der Waals surface area contributed by atoms with Crippen molar-refractivity contribution in [3.8, 4) is 0 Å². The summed E-state index contributed by atoms with van der Waals surface area (Å²) in [5, 5.41) is 0. The quantitative estimate of drug-likeness (QED) is 0.871. The van der Waals surface area contributed by atoms with Crippen molar-refractivity contribution < 1.29 is 4.39 Å². The molecule has 4 heteroatoms. The fourth-order valence-corrected chi connectivity index (χ4v) is 1.65. The molecule has 0 atom stereocenters. The van der Waals surface area contributed by atoms with Crippen molar-refractivity contribution in [2.45, 2.75) is 13.1 Å². The molecule has 17 heavy (non-hydrogen) atoms. The predicted molar refractivity (Wildman–Crippen MR) is 64.1 cm³/mol.